The fraction of sp³-hybridized carbons (Fsp3) is 0.214. The molecule has 0 unspecified atom stereocenters. The maximum atomic E-state index is 11.3. The van der Waals surface area contributed by atoms with E-state index >= 15 is 0 Å². The number of carbonyl (C=O) groups is 1. The van der Waals surface area contributed by atoms with Gasteiger partial charge in [-0.25, -0.2) is 9.78 Å². The number of hydrogen-bond acceptors (Lipinski definition) is 3. The molecule has 0 aliphatic heterocycles. The molecule has 5 nitrogen and oxygen atoms in total. The van der Waals surface area contributed by atoms with Crippen molar-refractivity contribution in [2.75, 3.05) is 0 Å². The molecule has 0 aliphatic carbocycles. The standard InChI is InChI=1S/C14H14N2O3/c1-9-3-2-4-10(7-9)5-6-12-15-11(14(18)19)8-13(17)16-12/h2-4,7-8H,5-6H2,1H3,(H,18,19)(H,15,16,17). The van der Waals surface area contributed by atoms with Crippen LogP contribution in [0.5, 0.6) is 0 Å². The topological polar surface area (TPSA) is 83.0 Å². The van der Waals surface area contributed by atoms with Gasteiger partial charge in [0.25, 0.3) is 5.56 Å². The maximum Gasteiger partial charge on any atom is 0.354 e. The predicted octanol–water partition coefficient (Wildman–Crippen LogP) is 1.56. The van der Waals surface area contributed by atoms with Crippen LogP contribution in [0, 0.1) is 6.92 Å². The molecule has 0 saturated heterocycles. The van der Waals surface area contributed by atoms with Crippen LogP contribution in [-0.4, -0.2) is 21.0 Å². The van der Waals surface area contributed by atoms with E-state index in [1.54, 1.807) is 0 Å². The second kappa shape index (κ2) is 5.48. The van der Waals surface area contributed by atoms with Gasteiger partial charge in [-0.05, 0) is 18.9 Å². The van der Waals surface area contributed by atoms with Crippen molar-refractivity contribution in [3.63, 3.8) is 0 Å². The van der Waals surface area contributed by atoms with Crippen LogP contribution in [0.3, 0.4) is 0 Å². The first-order valence-electron chi connectivity index (χ1n) is 5.93. The second-order valence-electron chi connectivity index (χ2n) is 4.37. The van der Waals surface area contributed by atoms with Gasteiger partial charge >= 0.3 is 5.97 Å². The van der Waals surface area contributed by atoms with Crippen LogP contribution in [0.25, 0.3) is 0 Å². The predicted molar refractivity (Wildman–Crippen MR) is 70.4 cm³/mol. The first-order valence-corrected chi connectivity index (χ1v) is 5.93. The van der Waals surface area contributed by atoms with Gasteiger partial charge in [0.2, 0.25) is 0 Å². The molecule has 0 amide bonds. The van der Waals surface area contributed by atoms with Crippen molar-refractivity contribution >= 4 is 5.97 Å². The zero-order chi connectivity index (χ0) is 13.8. The van der Waals surface area contributed by atoms with E-state index in [0.717, 1.165) is 11.6 Å². The van der Waals surface area contributed by atoms with E-state index in [2.05, 4.69) is 16.0 Å². The van der Waals surface area contributed by atoms with Gasteiger partial charge in [0.1, 0.15) is 5.82 Å². The summed E-state index contributed by atoms with van der Waals surface area (Å²) in [6.45, 7) is 2.01. The van der Waals surface area contributed by atoms with Crippen LogP contribution in [-0.2, 0) is 12.8 Å². The largest absolute Gasteiger partial charge is 0.477 e. The molecule has 5 heteroatoms. The van der Waals surface area contributed by atoms with E-state index < -0.39 is 11.5 Å². The highest BCUT2D eigenvalue weighted by Gasteiger charge is 2.08. The summed E-state index contributed by atoms with van der Waals surface area (Å²) in [5.41, 5.74) is 1.64. The van der Waals surface area contributed by atoms with E-state index in [4.69, 9.17) is 5.11 Å². The Hall–Kier alpha value is -2.43. The summed E-state index contributed by atoms with van der Waals surface area (Å²) in [6.07, 6.45) is 1.20. The zero-order valence-corrected chi connectivity index (χ0v) is 10.5. The Balaban J connectivity index is 2.15. The van der Waals surface area contributed by atoms with Crippen LogP contribution >= 0.6 is 0 Å². The minimum absolute atomic E-state index is 0.219. The molecule has 98 valence electrons. The van der Waals surface area contributed by atoms with Crippen molar-refractivity contribution in [3.05, 3.63) is 63.3 Å². The Bertz CT molecular complexity index is 662. The summed E-state index contributed by atoms with van der Waals surface area (Å²) in [7, 11) is 0. The number of nitrogens with one attached hydrogen (secondary N) is 1. The number of aromatic nitrogens is 2. The van der Waals surface area contributed by atoms with Gasteiger partial charge in [0.05, 0.1) is 0 Å². The summed E-state index contributed by atoms with van der Waals surface area (Å²) in [6, 6.07) is 9.01. The molecular weight excluding hydrogens is 244 g/mol. The molecule has 2 N–H and O–H groups in total. The Morgan fingerprint density at radius 1 is 1.32 bits per heavy atom. The zero-order valence-electron chi connectivity index (χ0n) is 10.5. The van der Waals surface area contributed by atoms with E-state index in [9.17, 15) is 9.59 Å². The van der Waals surface area contributed by atoms with Crippen LogP contribution in [0.15, 0.2) is 35.1 Å². The molecule has 0 radical (unpaired) electrons. The van der Waals surface area contributed by atoms with Crippen molar-refractivity contribution < 1.29 is 9.90 Å². The lowest BCUT2D eigenvalue weighted by atomic mass is 10.1. The molecule has 0 spiro atoms. The Labute approximate surface area is 110 Å². The highest BCUT2D eigenvalue weighted by Crippen LogP contribution is 2.07. The summed E-state index contributed by atoms with van der Waals surface area (Å²) in [5.74, 6) is -0.797. The van der Waals surface area contributed by atoms with Crippen molar-refractivity contribution in [1.82, 2.24) is 9.97 Å². The van der Waals surface area contributed by atoms with Gasteiger partial charge in [-0.1, -0.05) is 29.8 Å². The van der Waals surface area contributed by atoms with Crippen molar-refractivity contribution in [2.24, 2.45) is 0 Å². The third-order valence-corrected chi connectivity index (χ3v) is 2.74. The number of hydrogen-bond donors (Lipinski definition) is 2. The summed E-state index contributed by atoms with van der Waals surface area (Å²) in [4.78, 5) is 28.6. The number of aromatic carboxylic acids is 1. The molecule has 0 fully saturated rings. The SMILES string of the molecule is Cc1cccc(CCc2nc(C(=O)O)cc(=O)[nH]2)c1. The second-order valence-corrected chi connectivity index (χ2v) is 4.37. The molecular formula is C14H14N2O3. The van der Waals surface area contributed by atoms with Crippen molar-refractivity contribution in [2.45, 2.75) is 19.8 Å². The first kappa shape index (κ1) is 13.0. The molecule has 0 atom stereocenters. The lowest BCUT2D eigenvalue weighted by Gasteiger charge is -2.03. The summed E-state index contributed by atoms with van der Waals surface area (Å²) >= 11 is 0. The number of H-pyrrole nitrogens is 1. The average molecular weight is 258 g/mol. The number of aryl methyl sites for hydroxylation is 3. The van der Waals surface area contributed by atoms with Crippen molar-refractivity contribution in [1.29, 1.82) is 0 Å². The van der Waals surface area contributed by atoms with E-state index in [1.165, 1.54) is 5.56 Å². The fourth-order valence-electron chi connectivity index (χ4n) is 1.87. The molecule has 1 aromatic heterocycles. The van der Waals surface area contributed by atoms with Gasteiger partial charge in [-0.2, -0.15) is 0 Å². The number of nitrogens with zero attached hydrogens (tertiary/aromatic N) is 1. The smallest absolute Gasteiger partial charge is 0.354 e. The van der Waals surface area contributed by atoms with Crippen molar-refractivity contribution in [3.8, 4) is 0 Å². The Morgan fingerprint density at radius 2 is 2.11 bits per heavy atom. The Morgan fingerprint density at radius 3 is 2.79 bits per heavy atom. The number of aromatic amines is 1. The van der Waals surface area contributed by atoms with Crippen LogP contribution < -0.4 is 5.56 Å². The average Bonchev–Trinajstić information content (AvgIpc) is 2.36. The number of benzene rings is 1. The van der Waals surface area contributed by atoms with E-state index in [1.807, 2.05) is 25.1 Å². The summed E-state index contributed by atoms with van der Waals surface area (Å²) < 4.78 is 0. The highest BCUT2D eigenvalue weighted by atomic mass is 16.4. The summed E-state index contributed by atoms with van der Waals surface area (Å²) in [5, 5.41) is 8.84. The fourth-order valence-corrected chi connectivity index (χ4v) is 1.87. The van der Waals surface area contributed by atoms with E-state index in [0.29, 0.717) is 18.7 Å². The highest BCUT2D eigenvalue weighted by molar-refractivity contribution is 5.85. The van der Waals surface area contributed by atoms with Crippen LogP contribution in [0.2, 0.25) is 0 Å². The lowest BCUT2D eigenvalue weighted by Crippen LogP contribution is -2.16. The monoisotopic (exact) mass is 258 g/mol. The number of carboxylic acid groups (broad SMARTS) is 1. The minimum Gasteiger partial charge on any atom is -0.477 e. The quantitative estimate of drug-likeness (QED) is 0.871. The molecule has 0 aliphatic rings. The molecule has 2 rings (SSSR count). The van der Waals surface area contributed by atoms with Gasteiger partial charge in [0.15, 0.2) is 5.69 Å². The van der Waals surface area contributed by atoms with Crippen LogP contribution in [0.4, 0.5) is 0 Å². The third-order valence-electron chi connectivity index (χ3n) is 2.74. The normalized spacial score (nSPS) is 10.4. The maximum absolute atomic E-state index is 11.3. The van der Waals surface area contributed by atoms with Gasteiger partial charge in [0, 0.05) is 12.5 Å². The molecule has 19 heavy (non-hydrogen) atoms. The first-order chi connectivity index (χ1) is 9.04. The van der Waals surface area contributed by atoms with Gasteiger partial charge < -0.3 is 10.1 Å². The third kappa shape index (κ3) is 3.51. The minimum atomic E-state index is -1.19. The molecule has 0 saturated carbocycles. The van der Waals surface area contributed by atoms with Gasteiger partial charge in [-0.15, -0.1) is 0 Å². The number of carboxylic acids is 1. The van der Waals surface area contributed by atoms with Crippen LogP contribution in [0.1, 0.15) is 27.4 Å². The van der Waals surface area contributed by atoms with Gasteiger partial charge in [-0.3, -0.25) is 4.79 Å². The lowest BCUT2D eigenvalue weighted by molar-refractivity contribution is 0.0689. The molecule has 1 aromatic carbocycles. The molecule has 1 heterocycles. The number of rotatable bonds is 4. The Kier molecular flexibility index (Phi) is 3.75. The molecule has 2 aromatic rings. The molecule has 0 bridgehead atoms. The van der Waals surface area contributed by atoms with E-state index in [-0.39, 0.29) is 5.69 Å².